The van der Waals surface area contributed by atoms with E-state index in [1.807, 2.05) is 0 Å². The lowest BCUT2D eigenvalue weighted by Crippen LogP contribution is -2.33. The molecule has 2 N–H and O–H groups in total. The predicted octanol–water partition coefficient (Wildman–Crippen LogP) is 2.37. The van der Waals surface area contributed by atoms with E-state index in [4.69, 9.17) is 28.4 Å². The summed E-state index contributed by atoms with van der Waals surface area (Å²) in [5.41, 5.74) is -0.0142. The maximum Gasteiger partial charge on any atom is 0.354 e. The number of nitrogens with one attached hydrogen (secondary N) is 1. The highest BCUT2D eigenvalue weighted by Crippen LogP contribution is 2.51. The van der Waals surface area contributed by atoms with Gasteiger partial charge in [0.05, 0.1) is 4.91 Å². The fraction of sp³-hybridized carbons (Fsp3) is 0.190. The number of aliphatic carboxylic acids is 1. The molecule has 13 heteroatoms. The first-order valence-corrected chi connectivity index (χ1v) is 12.2. The number of carbonyl (C=O) groups is 1. The number of carboxylic acids is 1. The van der Waals surface area contributed by atoms with Crippen molar-refractivity contribution in [3.8, 4) is 23.0 Å². The van der Waals surface area contributed by atoms with Gasteiger partial charge in [0.1, 0.15) is 22.6 Å². The van der Waals surface area contributed by atoms with Crippen LogP contribution in [-0.2, 0) is 30.7 Å². The van der Waals surface area contributed by atoms with Crippen molar-refractivity contribution in [3.05, 3.63) is 53.1 Å². The molecule has 176 valence electrons. The van der Waals surface area contributed by atoms with Crippen LogP contribution in [0.5, 0.6) is 23.0 Å². The van der Waals surface area contributed by atoms with E-state index in [-0.39, 0.29) is 53.5 Å². The summed E-state index contributed by atoms with van der Waals surface area (Å²) in [5.74, 6) is 0.617. The van der Waals surface area contributed by atoms with E-state index >= 15 is 0 Å². The van der Waals surface area contributed by atoms with Crippen molar-refractivity contribution >= 4 is 32.7 Å². The second-order valence-electron chi connectivity index (χ2n) is 7.39. The van der Waals surface area contributed by atoms with Crippen LogP contribution in [0.25, 0.3) is 4.91 Å². The molecule has 2 aromatic rings. The van der Waals surface area contributed by atoms with Crippen molar-refractivity contribution < 1.29 is 46.7 Å². The monoisotopic (exact) mass is 505 g/mol. The summed E-state index contributed by atoms with van der Waals surface area (Å²) in [6.07, 6.45) is 1.44. The number of ether oxygens (including phenoxy) is 6. The third kappa shape index (κ3) is 3.35. The van der Waals surface area contributed by atoms with Gasteiger partial charge in [-0.05, 0) is 24.3 Å². The van der Waals surface area contributed by atoms with Crippen molar-refractivity contribution in [3.63, 3.8) is 0 Å². The molecule has 0 bridgehead atoms. The molecule has 11 nitrogen and oxygen atoms in total. The Labute approximate surface area is 196 Å². The Bertz CT molecular complexity index is 1410. The molecule has 2 aromatic carbocycles. The molecule has 0 aromatic heterocycles. The van der Waals surface area contributed by atoms with Gasteiger partial charge in [-0.1, -0.05) is 11.8 Å². The first-order valence-electron chi connectivity index (χ1n) is 9.88. The number of hydrogen-bond acceptors (Lipinski definition) is 10. The van der Waals surface area contributed by atoms with Crippen LogP contribution >= 0.6 is 11.8 Å². The van der Waals surface area contributed by atoms with Crippen LogP contribution < -0.4 is 23.7 Å². The van der Waals surface area contributed by atoms with E-state index in [0.717, 1.165) is 11.8 Å². The largest absolute Gasteiger partial charge is 0.477 e. The van der Waals surface area contributed by atoms with Crippen LogP contribution in [-0.4, -0.2) is 39.9 Å². The summed E-state index contributed by atoms with van der Waals surface area (Å²) < 4.78 is 61.1. The van der Waals surface area contributed by atoms with E-state index < -0.39 is 21.7 Å². The first-order chi connectivity index (χ1) is 16.4. The Morgan fingerprint density at radius 1 is 1.00 bits per heavy atom. The number of rotatable bonds is 5. The maximum absolute atomic E-state index is 13.3. The van der Waals surface area contributed by atoms with Crippen molar-refractivity contribution in [1.29, 1.82) is 0 Å². The average Bonchev–Trinajstić information content (AvgIpc) is 3.56. The lowest BCUT2D eigenvalue weighted by atomic mass is 10.0. The Morgan fingerprint density at radius 2 is 1.79 bits per heavy atom. The van der Waals surface area contributed by atoms with Gasteiger partial charge in [0.2, 0.25) is 20.4 Å². The average molecular weight is 505 g/mol. The first kappa shape index (κ1) is 20.9. The van der Waals surface area contributed by atoms with Crippen LogP contribution in [0, 0.1) is 0 Å². The molecule has 0 unspecified atom stereocenters. The summed E-state index contributed by atoms with van der Waals surface area (Å²) >= 11 is 1.08. The molecule has 0 fully saturated rings. The predicted molar refractivity (Wildman–Crippen MR) is 115 cm³/mol. The number of fused-ring (bicyclic) bond motifs is 3. The van der Waals surface area contributed by atoms with Crippen LogP contribution in [0.4, 0.5) is 0 Å². The summed E-state index contributed by atoms with van der Waals surface area (Å²) in [6.45, 7) is 0.00205. The zero-order valence-electron chi connectivity index (χ0n) is 17.2. The Balaban J connectivity index is 1.54. The summed E-state index contributed by atoms with van der Waals surface area (Å²) in [5, 5.41) is 9.85. The molecule has 6 rings (SSSR count). The highest BCUT2D eigenvalue weighted by molar-refractivity contribution is 8.08. The molecule has 4 aliphatic heterocycles. The summed E-state index contributed by atoms with van der Waals surface area (Å²) in [6, 6.07) is 6.62. The third-order valence-electron chi connectivity index (χ3n) is 5.34. The highest BCUT2D eigenvalue weighted by atomic mass is 32.2. The van der Waals surface area contributed by atoms with Gasteiger partial charge in [0.25, 0.3) is 10.0 Å². The maximum atomic E-state index is 13.3. The minimum atomic E-state index is -4.27. The van der Waals surface area contributed by atoms with E-state index in [9.17, 15) is 18.3 Å². The van der Waals surface area contributed by atoms with Crippen molar-refractivity contribution in [2.75, 3.05) is 20.4 Å². The molecule has 0 saturated carbocycles. The van der Waals surface area contributed by atoms with E-state index in [1.165, 1.54) is 12.3 Å². The molecule has 34 heavy (non-hydrogen) atoms. The lowest BCUT2D eigenvalue weighted by molar-refractivity contribution is -0.132. The molecule has 0 radical (unpaired) electrons. The minimum absolute atomic E-state index is 0.0170. The van der Waals surface area contributed by atoms with Crippen LogP contribution in [0.15, 0.2) is 51.8 Å². The van der Waals surface area contributed by atoms with Crippen molar-refractivity contribution in [2.24, 2.45) is 0 Å². The number of sulfonamides is 1. The van der Waals surface area contributed by atoms with Crippen LogP contribution in [0.3, 0.4) is 0 Å². The fourth-order valence-electron chi connectivity index (χ4n) is 3.94. The zero-order valence-corrected chi connectivity index (χ0v) is 18.8. The fourth-order valence-corrected chi connectivity index (χ4v) is 6.62. The number of allylic oxidation sites excluding steroid dienone is 1. The second kappa shape index (κ2) is 7.67. The summed E-state index contributed by atoms with van der Waals surface area (Å²) in [7, 11) is -4.27. The Kier molecular flexibility index (Phi) is 4.71. The smallest absolute Gasteiger partial charge is 0.354 e. The molecule has 0 amide bonds. The van der Waals surface area contributed by atoms with Crippen LogP contribution in [0.1, 0.15) is 11.1 Å². The number of benzene rings is 2. The summed E-state index contributed by atoms with van der Waals surface area (Å²) in [4.78, 5) is 12.8. The molecular weight excluding hydrogens is 490 g/mol. The Hall–Kier alpha value is -3.71. The SMILES string of the molecule is O=C(O)C1=C(Sc2ccc3c(c2)OCO3)c2cc3c(c(CC4=COCO4)c2S(=O)(=O)N1)OCO3. The van der Waals surface area contributed by atoms with Gasteiger partial charge in [-0.3, -0.25) is 4.72 Å². The van der Waals surface area contributed by atoms with E-state index in [2.05, 4.69) is 4.72 Å². The highest BCUT2D eigenvalue weighted by Gasteiger charge is 2.39. The van der Waals surface area contributed by atoms with Crippen molar-refractivity contribution in [2.45, 2.75) is 16.2 Å². The Morgan fingerprint density at radius 3 is 2.59 bits per heavy atom. The minimum Gasteiger partial charge on any atom is -0.477 e. The van der Waals surface area contributed by atoms with Crippen molar-refractivity contribution in [1.82, 2.24) is 4.72 Å². The molecule has 4 aliphatic rings. The standard InChI is InChI=1S/C21H15NO10S2/c23-21(24)17-19(33-11-1-2-14-15(4-11)30-8-29-14)13-5-16-18(32-9-31-16)12(3-10-6-27-7-28-10)20(13)34(25,26)22-17/h1-2,4-6,22H,3,7-9H2,(H,23,24). The topological polar surface area (TPSA) is 139 Å². The van der Waals surface area contributed by atoms with Gasteiger partial charge in [-0.2, -0.15) is 0 Å². The quantitative estimate of drug-likeness (QED) is 0.619. The van der Waals surface area contributed by atoms with Gasteiger partial charge in [0.15, 0.2) is 23.0 Å². The van der Waals surface area contributed by atoms with Gasteiger partial charge >= 0.3 is 5.97 Å². The molecule has 0 aliphatic carbocycles. The second-order valence-corrected chi connectivity index (χ2v) is 10.1. The van der Waals surface area contributed by atoms with E-state index in [1.54, 1.807) is 18.2 Å². The third-order valence-corrected chi connectivity index (χ3v) is 7.94. The number of carboxylic acid groups (broad SMARTS) is 1. The lowest BCUT2D eigenvalue weighted by Gasteiger charge is -2.25. The van der Waals surface area contributed by atoms with Gasteiger partial charge in [0, 0.05) is 22.4 Å². The zero-order chi connectivity index (χ0) is 23.4. The van der Waals surface area contributed by atoms with Gasteiger partial charge in [-0.15, -0.1) is 0 Å². The molecule has 0 atom stereocenters. The molecular formula is C21H15NO10S2. The van der Waals surface area contributed by atoms with Gasteiger partial charge < -0.3 is 33.5 Å². The number of hydrogen-bond donors (Lipinski definition) is 2. The van der Waals surface area contributed by atoms with Gasteiger partial charge in [-0.25, -0.2) is 13.2 Å². The molecule has 0 saturated heterocycles. The number of thioether (sulfide) groups is 1. The molecule has 4 heterocycles. The normalized spacial score (nSPS) is 18.5. The van der Waals surface area contributed by atoms with Crippen LogP contribution in [0.2, 0.25) is 0 Å². The molecule has 0 spiro atoms. The van der Waals surface area contributed by atoms with E-state index in [0.29, 0.717) is 27.9 Å².